The monoisotopic (exact) mass is 408 g/mol. The van der Waals surface area contributed by atoms with Gasteiger partial charge in [-0.1, -0.05) is 29.5 Å². The van der Waals surface area contributed by atoms with E-state index in [1.54, 1.807) is 0 Å². The van der Waals surface area contributed by atoms with Gasteiger partial charge >= 0.3 is 5.97 Å². The number of nitrogens with zero attached hydrogens (tertiary/aromatic N) is 2. The van der Waals surface area contributed by atoms with Gasteiger partial charge in [-0.2, -0.15) is 0 Å². The number of para-hydroxylation sites is 1. The molecule has 0 unspecified atom stereocenters. The minimum atomic E-state index is -0.312. The van der Waals surface area contributed by atoms with Crippen LogP contribution >= 0.6 is 11.3 Å². The third-order valence-corrected chi connectivity index (χ3v) is 5.91. The topological polar surface area (TPSA) is 51.7 Å². The summed E-state index contributed by atoms with van der Waals surface area (Å²) in [5.74, 6) is 1.21. The van der Waals surface area contributed by atoms with Gasteiger partial charge < -0.3 is 14.4 Å². The Bertz CT molecular complexity index is 948. The van der Waals surface area contributed by atoms with Crippen molar-refractivity contribution in [1.29, 1.82) is 0 Å². The molecule has 0 atom stereocenters. The van der Waals surface area contributed by atoms with Crippen molar-refractivity contribution in [2.75, 3.05) is 24.6 Å². The number of rotatable bonds is 6. The zero-order valence-electron chi connectivity index (χ0n) is 16.5. The summed E-state index contributed by atoms with van der Waals surface area (Å²) < 4.78 is 11.1. The highest BCUT2D eigenvalue weighted by Gasteiger charge is 2.24. The van der Waals surface area contributed by atoms with Crippen LogP contribution in [0.15, 0.2) is 54.6 Å². The number of thiazole rings is 1. The molecule has 1 aliphatic rings. The molecule has 150 valence electrons. The van der Waals surface area contributed by atoms with Crippen molar-refractivity contribution in [2.45, 2.75) is 26.2 Å². The summed E-state index contributed by atoms with van der Waals surface area (Å²) >= 11 is 1.42. The molecule has 2 aromatic carbocycles. The molecule has 5 nitrogen and oxygen atoms in total. The Morgan fingerprint density at radius 1 is 1.00 bits per heavy atom. The zero-order valence-corrected chi connectivity index (χ0v) is 17.3. The minimum absolute atomic E-state index is 0.312. The third kappa shape index (κ3) is 4.59. The van der Waals surface area contributed by atoms with Crippen molar-refractivity contribution in [3.63, 3.8) is 0 Å². The number of hydrogen-bond donors (Lipinski definition) is 0. The molecule has 1 fully saturated rings. The second-order valence-electron chi connectivity index (χ2n) is 6.88. The molecule has 1 aromatic heterocycles. The lowest BCUT2D eigenvalue weighted by atomic mass is 10.1. The number of esters is 1. The van der Waals surface area contributed by atoms with E-state index in [0.717, 1.165) is 48.1 Å². The molecule has 6 heteroatoms. The van der Waals surface area contributed by atoms with Crippen molar-refractivity contribution in [2.24, 2.45) is 0 Å². The fourth-order valence-electron chi connectivity index (χ4n) is 3.37. The van der Waals surface area contributed by atoms with Crippen LogP contribution in [-0.2, 0) is 4.74 Å². The number of carbonyl (C=O) groups excluding carboxylic acids is 1. The molecule has 1 saturated heterocycles. The maximum Gasteiger partial charge on any atom is 0.350 e. The number of benzene rings is 2. The molecular weight excluding hydrogens is 384 g/mol. The van der Waals surface area contributed by atoms with E-state index in [1.807, 2.05) is 61.5 Å². The van der Waals surface area contributed by atoms with Crippen LogP contribution in [0.5, 0.6) is 11.5 Å². The highest BCUT2D eigenvalue weighted by molar-refractivity contribution is 7.17. The van der Waals surface area contributed by atoms with Gasteiger partial charge in [-0.15, -0.1) is 0 Å². The van der Waals surface area contributed by atoms with Gasteiger partial charge in [0.25, 0.3) is 0 Å². The van der Waals surface area contributed by atoms with Crippen molar-refractivity contribution >= 4 is 22.4 Å². The molecule has 0 saturated carbocycles. The standard InChI is InChI=1S/C23H24N2O3S/c1-2-27-22(26)21-20(24-23(29-21)25-15-7-4-8-16-25)17-11-13-19(14-12-17)28-18-9-5-3-6-10-18/h3,5-6,9-14H,2,4,7-8,15-16H2,1H3. The van der Waals surface area contributed by atoms with Crippen LogP contribution in [0.1, 0.15) is 35.9 Å². The summed E-state index contributed by atoms with van der Waals surface area (Å²) in [5, 5.41) is 0.896. The molecular formula is C23H24N2O3S. The zero-order chi connectivity index (χ0) is 20.1. The average Bonchev–Trinajstić information content (AvgIpc) is 3.22. The van der Waals surface area contributed by atoms with Gasteiger partial charge in [0.2, 0.25) is 0 Å². The Morgan fingerprint density at radius 2 is 1.69 bits per heavy atom. The van der Waals surface area contributed by atoms with Crippen LogP contribution in [0.4, 0.5) is 5.13 Å². The van der Waals surface area contributed by atoms with E-state index < -0.39 is 0 Å². The first-order valence-corrected chi connectivity index (χ1v) is 10.8. The molecule has 0 aliphatic carbocycles. The largest absolute Gasteiger partial charge is 0.462 e. The average molecular weight is 409 g/mol. The number of aromatic nitrogens is 1. The predicted octanol–water partition coefficient (Wildman–Crippen LogP) is 5.77. The van der Waals surface area contributed by atoms with Crippen molar-refractivity contribution in [3.05, 3.63) is 59.5 Å². The van der Waals surface area contributed by atoms with Crippen molar-refractivity contribution in [1.82, 2.24) is 4.98 Å². The third-order valence-electron chi connectivity index (χ3n) is 4.81. The van der Waals surface area contributed by atoms with E-state index in [-0.39, 0.29) is 5.97 Å². The van der Waals surface area contributed by atoms with E-state index in [4.69, 9.17) is 14.5 Å². The highest BCUT2D eigenvalue weighted by atomic mass is 32.1. The lowest BCUT2D eigenvalue weighted by Gasteiger charge is -2.25. The first-order chi connectivity index (χ1) is 14.2. The molecule has 2 heterocycles. The molecule has 1 aliphatic heterocycles. The van der Waals surface area contributed by atoms with Crippen LogP contribution in [0.2, 0.25) is 0 Å². The molecule has 0 radical (unpaired) electrons. The Balaban J connectivity index is 1.61. The number of anilines is 1. The molecule has 4 rings (SSSR count). The number of carbonyl (C=O) groups is 1. The van der Waals surface area contributed by atoms with Crippen LogP contribution < -0.4 is 9.64 Å². The number of piperidine rings is 1. The van der Waals surface area contributed by atoms with Crippen molar-refractivity contribution in [3.8, 4) is 22.8 Å². The van der Waals surface area contributed by atoms with Gasteiger partial charge in [0.15, 0.2) is 5.13 Å². The number of hydrogen-bond acceptors (Lipinski definition) is 6. The van der Waals surface area contributed by atoms with Gasteiger partial charge in [-0.25, -0.2) is 9.78 Å². The van der Waals surface area contributed by atoms with Crippen LogP contribution in [-0.4, -0.2) is 30.6 Å². The summed E-state index contributed by atoms with van der Waals surface area (Å²) in [6.45, 7) is 4.14. The Hall–Kier alpha value is -2.86. The Labute approximate surface area is 174 Å². The Morgan fingerprint density at radius 3 is 2.38 bits per heavy atom. The van der Waals surface area contributed by atoms with E-state index in [2.05, 4.69) is 4.90 Å². The SMILES string of the molecule is CCOC(=O)c1sc(N2CCCCC2)nc1-c1ccc(Oc2ccccc2)cc1. The quantitative estimate of drug-likeness (QED) is 0.485. The lowest BCUT2D eigenvalue weighted by Crippen LogP contribution is -2.29. The summed E-state index contributed by atoms with van der Waals surface area (Å²) in [4.78, 5) is 20.2. The number of ether oxygens (including phenoxy) is 2. The second kappa shape index (κ2) is 9.09. The molecule has 3 aromatic rings. The van der Waals surface area contributed by atoms with Gasteiger partial charge in [0, 0.05) is 18.7 Å². The lowest BCUT2D eigenvalue weighted by molar-refractivity contribution is 0.0532. The maximum atomic E-state index is 12.5. The highest BCUT2D eigenvalue weighted by Crippen LogP contribution is 2.35. The molecule has 0 spiro atoms. The summed E-state index contributed by atoms with van der Waals surface area (Å²) in [6, 6.07) is 17.3. The molecule has 29 heavy (non-hydrogen) atoms. The van der Waals surface area contributed by atoms with E-state index in [1.165, 1.54) is 17.8 Å². The fraction of sp³-hybridized carbons (Fsp3) is 0.304. The van der Waals surface area contributed by atoms with Gasteiger partial charge in [0.1, 0.15) is 16.4 Å². The summed E-state index contributed by atoms with van der Waals surface area (Å²) in [7, 11) is 0. The van der Waals surface area contributed by atoms with Gasteiger partial charge in [-0.3, -0.25) is 0 Å². The summed E-state index contributed by atoms with van der Waals surface area (Å²) in [6.07, 6.45) is 3.58. The normalized spacial score (nSPS) is 13.9. The van der Waals surface area contributed by atoms with Crippen LogP contribution in [0.3, 0.4) is 0 Å². The maximum absolute atomic E-state index is 12.5. The van der Waals surface area contributed by atoms with E-state index in [9.17, 15) is 4.79 Å². The van der Waals surface area contributed by atoms with E-state index in [0.29, 0.717) is 17.2 Å². The van der Waals surface area contributed by atoms with Crippen LogP contribution in [0.25, 0.3) is 11.3 Å². The van der Waals surface area contributed by atoms with Crippen LogP contribution in [0, 0.1) is 0 Å². The molecule has 0 bridgehead atoms. The van der Waals surface area contributed by atoms with Gasteiger partial charge in [0.05, 0.1) is 12.3 Å². The van der Waals surface area contributed by atoms with E-state index >= 15 is 0 Å². The molecule has 0 amide bonds. The second-order valence-corrected chi connectivity index (χ2v) is 7.86. The predicted molar refractivity (Wildman–Crippen MR) is 116 cm³/mol. The first kappa shape index (κ1) is 19.5. The summed E-state index contributed by atoms with van der Waals surface area (Å²) in [5.41, 5.74) is 1.56. The first-order valence-electron chi connectivity index (χ1n) is 10.0. The minimum Gasteiger partial charge on any atom is -0.462 e. The van der Waals surface area contributed by atoms with Gasteiger partial charge in [-0.05, 0) is 62.6 Å². The Kier molecular flexibility index (Phi) is 6.10. The fourth-order valence-corrected chi connectivity index (χ4v) is 4.40. The van der Waals surface area contributed by atoms with Crippen molar-refractivity contribution < 1.29 is 14.3 Å². The molecule has 0 N–H and O–H groups in total. The smallest absolute Gasteiger partial charge is 0.350 e.